The maximum absolute atomic E-state index is 12.8. The lowest BCUT2D eigenvalue weighted by Gasteiger charge is -2.28. The molecule has 180 valence electrons. The van der Waals surface area contributed by atoms with Gasteiger partial charge in [-0.15, -0.1) is 24.0 Å². The highest BCUT2D eigenvalue weighted by Gasteiger charge is 2.20. The minimum absolute atomic E-state index is 0. The molecule has 0 saturated carbocycles. The highest BCUT2D eigenvalue weighted by molar-refractivity contribution is 14.0. The molecule has 0 unspecified atom stereocenters. The van der Waals surface area contributed by atoms with Crippen molar-refractivity contribution >= 4 is 29.9 Å². The Kier molecular flexibility index (Phi) is 9.36. The van der Waals surface area contributed by atoms with Crippen molar-refractivity contribution < 1.29 is 23.0 Å². The summed E-state index contributed by atoms with van der Waals surface area (Å²) in [5.74, 6) is 1.55. The molecule has 10 heteroatoms. The number of aliphatic imine (C=N–C) groups is 1. The lowest BCUT2D eigenvalue weighted by atomic mass is 10.00. The Balaban J connectivity index is 0.00000306. The third kappa shape index (κ3) is 6.83. The van der Waals surface area contributed by atoms with Gasteiger partial charge < -0.3 is 24.8 Å². The van der Waals surface area contributed by atoms with Crippen molar-refractivity contribution in [2.24, 2.45) is 4.99 Å². The first-order valence-corrected chi connectivity index (χ1v) is 10.7. The van der Waals surface area contributed by atoms with E-state index in [4.69, 9.17) is 9.47 Å². The number of halogens is 3. The summed E-state index contributed by atoms with van der Waals surface area (Å²) in [7, 11) is 1.67. The van der Waals surface area contributed by atoms with Gasteiger partial charge in [0.25, 0.3) is 0 Å². The zero-order chi connectivity index (χ0) is 22.3. The van der Waals surface area contributed by atoms with Crippen molar-refractivity contribution in [2.45, 2.75) is 32.5 Å². The second-order valence-corrected chi connectivity index (χ2v) is 7.69. The summed E-state index contributed by atoms with van der Waals surface area (Å²) >= 11 is 0. The molecule has 2 aliphatic rings. The van der Waals surface area contributed by atoms with Crippen LogP contribution in [0.3, 0.4) is 0 Å². The van der Waals surface area contributed by atoms with E-state index in [-0.39, 0.29) is 43.1 Å². The fraction of sp³-hybridized carbons (Fsp3) is 0.435. The molecule has 0 aromatic heterocycles. The molecule has 0 atom stereocenters. The Morgan fingerprint density at radius 2 is 1.91 bits per heavy atom. The van der Waals surface area contributed by atoms with Crippen LogP contribution in [0.5, 0.6) is 17.2 Å². The molecule has 2 aromatic carbocycles. The Morgan fingerprint density at radius 3 is 2.67 bits per heavy atom. The van der Waals surface area contributed by atoms with Crippen LogP contribution in [0.1, 0.15) is 23.1 Å². The molecular formula is C23H29F2IN4O3. The molecule has 2 heterocycles. The van der Waals surface area contributed by atoms with Crippen LogP contribution < -0.4 is 24.8 Å². The van der Waals surface area contributed by atoms with Gasteiger partial charge in [-0.25, -0.2) is 0 Å². The van der Waals surface area contributed by atoms with Crippen molar-refractivity contribution in [2.75, 3.05) is 33.5 Å². The quantitative estimate of drug-likeness (QED) is 0.217. The monoisotopic (exact) mass is 574 g/mol. The fourth-order valence-corrected chi connectivity index (χ4v) is 3.96. The van der Waals surface area contributed by atoms with Gasteiger partial charge in [-0.1, -0.05) is 24.3 Å². The number of rotatable bonds is 8. The van der Waals surface area contributed by atoms with Gasteiger partial charge in [0.2, 0.25) is 6.79 Å². The van der Waals surface area contributed by atoms with E-state index in [1.807, 2.05) is 0 Å². The largest absolute Gasteiger partial charge is 0.454 e. The van der Waals surface area contributed by atoms with Gasteiger partial charge in [0.1, 0.15) is 5.75 Å². The predicted octanol–water partition coefficient (Wildman–Crippen LogP) is 3.75. The molecular weight excluding hydrogens is 545 g/mol. The molecule has 2 aromatic rings. The average Bonchev–Trinajstić information content (AvgIpc) is 3.25. The van der Waals surface area contributed by atoms with E-state index in [0.717, 1.165) is 39.0 Å². The molecule has 0 bridgehead atoms. The highest BCUT2D eigenvalue weighted by atomic mass is 127. The van der Waals surface area contributed by atoms with E-state index in [9.17, 15) is 8.78 Å². The van der Waals surface area contributed by atoms with Gasteiger partial charge >= 0.3 is 6.61 Å². The third-order valence-corrected chi connectivity index (χ3v) is 5.59. The van der Waals surface area contributed by atoms with Crippen LogP contribution in [0.15, 0.2) is 41.4 Å². The topological polar surface area (TPSA) is 67.4 Å². The highest BCUT2D eigenvalue weighted by Crippen LogP contribution is 2.38. The van der Waals surface area contributed by atoms with E-state index >= 15 is 0 Å². The van der Waals surface area contributed by atoms with Gasteiger partial charge in [-0.05, 0) is 30.0 Å². The molecule has 2 N–H and O–H groups in total. The predicted molar refractivity (Wildman–Crippen MR) is 133 cm³/mol. The Morgan fingerprint density at radius 1 is 1.15 bits per heavy atom. The van der Waals surface area contributed by atoms with E-state index in [0.29, 0.717) is 23.0 Å². The second-order valence-electron chi connectivity index (χ2n) is 7.69. The van der Waals surface area contributed by atoms with Gasteiger partial charge in [-0.2, -0.15) is 8.78 Å². The van der Waals surface area contributed by atoms with E-state index in [2.05, 4.69) is 49.5 Å². The van der Waals surface area contributed by atoms with Gasteiger partial charge in [0.05, 0.1) is 0 Å². The van der Waals surface area contributed by atoms with Crippen LogP contribution >= 0.6 is 24.0 Å². The maximum Gasteiger partial charge on any atom is 0.387 e. The number of benzene rings is 2. The lowest BCUT2D eigenvalue weighted by Crippen LogP contribution is -2.39. The van der Waals surface area contributed by atoms with Gasteiger partial charge in [0, 0.05) is 51.4 Å². The van der Waals surface area contributed by atoms with Crippen molar-refractivity contribution in [1.82, 2.24) is 15.5 Å². The maximum atomic E-state index is 12.8. The number of hydrogen-bond donors (Lipinski definition) is 2. The number of nitrogens with zero attached hydrogens (tertiary/aromatic N) is 2. The molecule has 33 heavy (non-hydrogen) atoms. The molecule has 0 radical (unpaired) electrons. The van der Waals surface area contributed by atoms with E-state index in [1.54, 1.807) is 13.1 Å². The lowest BCUT2D eigenvalue weighted by molar-refractivity contribution is -0.0505. The number of ether oxygens (including phenoxy) is 3. The molecule has 0 aliphatic carbocycles. The summed E-state index contributed by atoms with van der Waals surface area (Å²) in [6.45, 7) is 1.19. The molecule has 0 amide bonds. The molecule has 0 saturated heterocycles. The smallest absolute Gasteiger partial charge is 0.387 e. The van der Waals surface area contributed by atoms with Gasteiger partial charge in [0.15, 0.2) is 17.5 Å². The Labute approximate surface area is 209 Å². The number of hydrogen-bond acceptors (Lipinski definition) is 5. The number of guanidine groups is 1. The Bertz CT molecular complexity index is 961. The number of alkyl halides is 2. The first kappa shape index (κ1) is 25.3. The summed E-state index contributed by atoms with van der Waals surface area (Å²) in [5.41, 5.74) is 3.39. The zero-order valence-corrected chi connectivity index (χ0v) is 20.8. The van der Waals surface area contributed by atoms with Gasteiger partial charge in [-0.3, -0.25) is 9.89 Å². The van der Waals surface area contributed by atoms with Crippen LogP contribution in [0.2, 0.25) is 0 Å². The fourth-order valence-electron chi connectivity index (χ4n) is 3.96. The van der Waals surface area contributed by atoms with Crippen LogP contribution in [-0.4, -0.2) is 50.9 Å². The van der Waals surface area contributed by atoms with Crippen molar-refractivity contribution in [1.29, 1.82) is 0 Å². The molecule has 2 aliphatic heterocycles. The molecule has 4 rings (SSSR count). The van der Waals surface area contributed by atoms with E-state index < -0.39 is 6.61 Å². The standard InChI is InChI=1S/C23H28F2N4O3.HI/c1-26-23(27-8-4-9-29-10-7-16-5-2-3-6-17(16)14-29)28-13-18-11-20-21(31-15-30-20)12-19(18)32-22(24)25;/h2-3,5-6,11-12,22H,4,7-10,13-15H2,1H3,(H2,26,27,28);1H. The van der Waals surface area contributed by atoms with Crippen molar-refractivity contribution in [3.63, 3.8) is 0 Å². The molecule has 0 spiro atoms. The van der Waals surface area contributed by atoms with E-state index in [1.165, 1.54) is 17.2 Å². The number of nitrogens with one attached hydrogen (secondary N) is 2. The van der Waals surface area contributed by atoms with Crippen LogP contribution in [0, 0.1) is 0 Å². The number of fused-ring (bicyclic) bond motifs is 2. The van der Waals surface area contributed by atoms with Crippen LogP contribution in [0.25, 0.3) is 0 Å². The first-order valence-electron chi connectivity index (χ1n) is 10.7. The summed E-state index contributed by atoms with van der Waals surface area (Å²) in [5, 5.41) is 6.42. The summed E-state index contributed by atoms with van der Waals surface area (Å²) < 4.78 is 40.9. The second kappa shape index (κ2) is 12.2. The zero-order valence-electron chi connectivity index (χ0n) is 18.5. The normalized spacial score (nSPS) is 15.1. The van der Waals surface area contributed by atoms with Crippen molar-refractivity contribution in [3.8, 4) is 17.2 Å². The molecule has 0 fully saturated rings. The van der Waals surface area contributed by atoms with Crippen LogP contribution in [-0.2, 0) is 19.5 Å². The molecule has 7 nitrogen and oxygen atoms in total. The summed E-state index contributed by atoms with van der Waals surface area (Å²) in [6, 6.07) is 11.7. The Hall–Kier alpha value is -2.34. The minimum Gasteiger partial charge on any atom is -0.454 e. The summed E-state index contributed by atoms with van der Waals surface area (Å²) in [6.07, 6.45) is 2.05. The SMILES string of the molecule is CN=C(NCCCN1CCc2ccccc2C1)NCc1cc2c(cc1OC(F)F)OCO2.I. The van der Waals surface area contributed by atoms with Crippen molar-refractivity contribution in [3.05, 3.63) is 53.1 Å². The minimum atomic E-state index is -2.92. The summed E-state index contributed by atoms with van der Waals surface area (Å²) in [4.78, 5) is 6.68. The van der Waals surface area contributed by atoms with Crippen LogP contribution in [0.4, 0.5) is 8.78 Å². The average molecular weight is 574 g/mol. The first-order chi connectivity index (χ1) is 15.6. The third-order valence-electron chi connectivity index (χ3n) is 5.59.